The minimum atomic E-state index is -1.09. The lowest BCUT2D eigenvalue weighted by atomic mass is 9.76. The summed E-state index contributed by atoms with van der Waals surface area (Å²) in [6.07, 6.45) is 0.776. The zero-order valence-corrected chi connectivity index (χ0v) is 18.9. The number of esters is 2. The Kier molecular flexibility index (Phi) is 8.64. The molecule has 0 saturated carbocycles. The Morgan fingerprint density at radius 1 is 0.966 bits per heavy atom. The summed E-state index contributed by atoms with van der Waals surface area (Å²) in [7, 11) is 0. The maximum absolute atomic E-state index is 12.7. The van der Waals surface area contributed by atoms with Crippen LogP contribution >= 0.6 is 0 Å². The molecule has 0 saturated heterocycles. The molecule has 0 aromatic heterocycles. The minimum absolute atomic E-state index is 0.0782. The second kappa shape index (κ2) is 10.1. The lowest BCUT2D eigenvalue weighted by molar-refractivity contribution is -0.142. The molecule has 5 nitrogen and oxygen atoms in total. The second-order valence-electron chi connectivity index (χ2n) is 8.90. The van der Waals surface area contributed by atoms with E-state index in [2.05, 4.69) is 54.2 Å². The molecule has 29 heavy (non-hydrogen) atoms. The molecule has 0 radical (unpaired) electrons. The van der Waals surface area contributed by atoms with Crippen molar-refractivity contribution in [3.8, 4) is 0 Å². The molecule has 162 valence electrons. The third kappa shape index (κ3) is 7.00. The lowest BCUT2D eigenvalue weighted by Gasteiger charge is -2.29. The molecular weight excluding hydrogens is 368 g/mol. The number of hydrogen-bond acceptors (Lipinski definition) is 5. The van der Waals surface area contributed by atoms with E-state index in [1.807, 2.05) is 12.1 Å². The molecule has 1 unspecified atom stereocenters. The van der Waals surface area contributed by atoms with Crippen LogP contribution in [0.25, 0.3) is 0 Å². The first-order chi connectivity index (χ1) is 13.3. The van der Waals surface area contributed by atoms with Crippen LogP contribution in [0.2, 0.25) is 0 Å². The Morgan fingerprint density at radius 3 is 1.83 bits per heavy atom. The van der Waals surface area contributed by atoms with Gasteiger partial charge in [0.15, 0.2) is 0 Å². The Labute approximate surface area is 175 Å². The van der Waals surface area contributed by atoms with Gasteiger partial charge in [-0.2, -0.15) is 0 Å². The van der Waals surface area contributed by atoms with Crippen molar-refractivity contribution in [2.45, 2.75) is 78.2 Å². The molecule has 0 aliphatic carbocycles. The summed E-state index contributed by atoms with van der Waals surface area (Å²) in [6, 6.07) is 5.92. The van der Waals surface area contributed by atoms with Gasteiger partial charge < -0.3 is 14.6 Å². The van der Waals surface area contributed by atoms with Crippen LogP contribution in [0.3, 0.4) is 0 Å². The van der Waals surface area contributed by atoms with Crippen molar-refractivity contribution in [3.05, 3.63) is 47.0 Å². The van der Waals surface area contributed by atoms with E-state index >= 15 is 0 Å². The van der Waals surface area contributed by atoms with E-state index in [1.54, 1.807) is 0 Å². The normalized spacial score (nSPS) is 13.0. The van der Waals surface area contributed by atoms with E-state index in [4.69, 9.17) is 9.47 Å². The van der Waals surface area contributed by atoms with Crippen LogP contribution in [0.15, 0.2) is 30.4 Å². The predicted molar refractivity (Wildman–Crippen MR) is 115 cm³/mol. The zero-order chi connectivity index (χ0) is 22.4. The fraction of sp³-hybridized carbons (Fsp3) is 0.583. The molecule has 0 amide bonds. The van der Waals surface area contributed by atoms with Crippen LogP contribution < -0.4 is 0 Å². The molecule has 1 aromatic carbocycles. The molecule has 1 rings (SSSR count). The van der Waals surface area contributed by atoms with E-state index in [0.717, 1.165) is 24.0 Å². The van der Waals surface area contributed by atoms with Gasteiger partial charge in [0.1, 0.15) is 19.3 Å². The van der Waals surface area contributed by atoms with Crippen LogP contribution in [0.4, 0.5) is 0 Å². The van der Waals surface area contributed by atoms with Crippen molar-refractivity contribution in [2.24, 2.45) is 0 Å². The van der Waals surface area contributed by atoms with E-state index in [-0.39, 0.29) is 29.6 Å². The number of hydrogen-bond donors (Lipinski definition) is 1. The van der Waals surface area contributed by atoms with Crippen molar-refractivity contribution in [2.75, 3.05) is 13.2 Å². The first-order valence-electron chi connectivity index (χ1n) is 10.2. The highest BCUT2D eigenvalue weighted by atomic mass is 16.6. The highest BCUT2D eigenvalue weighted by Crippen LogP contribution is 2.34. The Morgan fingerprint density at radius 2 is 1.41 bits per heavy atom. The number of rotatable bonds is 10. The molecule has 0 aliphatic rings. The van der Waals surface area contributed by atoms with Gasteiger partial charge in [-0.15, -0.1) is 0 Å². The highest BCUT2D eigenvalue weighted by molar-refractivity contribution is 5.90. The summed E-state index contributed by atoms with van der Waals surface area (Å²) in [6.45, 7) is 17.3. The average molecular weight is 405 g/mol. The van der Waals surface area contributed by atoms with Crippen molar-refractivity contribution in [1.82, 2.24) is 0 Å². The Hall–Kier alpha value is -2.14. The molecule has 5 heteroatoms. The van der Waals surface area contributed by atoms with Gasteiger partial charge in [-0.3, -0.25) is 0 Å². The number of aliphatic hydroxyl groups excluding tert-OH is 1. The summed E-state index contributed by atoms with van der Waals surface area (Å²) in [5, 5.41) is 9.94. The van der Waals surface area contributed by atoms with Gasteiger partial charge >= 0.3 is 11.9 Å². The molecule has 0 aliphatic heterocycles. The molecule has 1 atom stereocenters. The quantitative estimate of drug-likeness (QED) is 0.452. The second-order valence-corrected chi connectivity index (χ2v) is 8.90. The molecule has 0 fully saturated rings. The molecule has 0 spiro atoms. The molecule has 0 heterocycles. The van der Waals surface area contributed by atoms with Gasteiger partial charge in [0.2, 0.25) is 0 Å². The van der Waals surface area contributed by atoms with Gasteiger partial charge in [0.25, 0.3) is 0 Å². The summed E-state index contributed by atoms with van der Waals surface area (Å²) >= 11 is 0. The first-order valence-corrected chi connectivity index (χ1v) is 10.2. The Balaban J connectivity index is 2.99. The van der Waals surface area contributed by atoms with Crippen LogP contribution in [-0.4, -0.2) is 36.4 Å². The summed E-state index contributed by atoms with van der Waals surface area (Å²) < 4.78 is 10.2. The molecule has 0 bridgehead atoms. The minimum Gasteiger partial charge on any atom is -0.459 e. The number of benzene rings is 1. The lowest BCUT2D eigenvalue weighted by Crippen LogP contribution is -2.26. The van der Waals surface area contributed by atoms with Crippen LogP contribution in [-0.2, 0) is 25.1 Å². The van der Waals surface area contributed by atoms with Gasteiger partial charge in [-0.1, -0.05) is 54.2 Å². The fourth-order valence-corrected chi connectivity index (χ4v) is 2.53. The third-order valence-electron chi connectivity index (χ3n) is 5.66. The Bertz CT molecular complexity index is 711. The molecule has 1 N–H and O–H groups in total. The first kappa shape index (κ1) is 24.9. The standard InChI is InChI=1S/C24H36O5/c1-9-23(5,6)18-11-17(12-19(13-18)24(7,8)10-2)22(27)29-15-20(25)14-28-21(26)16(3)4/h11-13,20,25H,3,9-10,14-15H2,1-2,4-8H3. The summed E-state index contributed by atoms with van der Waals surface area (Å²) in [4.78, 5) is 24.1. The number of carbonyl (C=O) groups excluding carboxylic acids is 2. The monoisotopic (exact) mass is 404 g/mol. The summed E-state index contributed by atoms with van der Waals surface area (Å²) in [5.41, 5.74) is 2.72. The fourth-order valence-electron chi connectivity index (χ4n) is 2.53. The maximum atomic E-state index is 12.7. The van der Waals surface area contributed by atoms with Crippen molar-refractivity contribution in [1.29, 1.82) is 0 Å². The maximum Gasteiger partial charge on any atom is 0.338 e. The van der Waals surface area contributed by atoms with Crippen molar-refractivity contribution in [3.63, 3.8) is 0 Å². The zero-order valence-electron chi connectivity index (χ0n) is 18.9. The van der Waals surface area contributed by atoms with E-state index in [1.165, 1.54) is 6.92 Å². The number of ether oxygens (including phenoxy) is 2. The topological polar surface area (TPSA) is 72.8 Å². The smallest absolute Gasteiger partial charge is 0.338 e. The SMILES string of the molecule is C=C(C)C(=O)OCC(O)COC(=O)c1cc(C(C)(C)CC)cc(C(C)(C)CC)c1. The van der Waals surface area contributed by atoms with Crippen LogP contribution in [0.1, 0.15) is 82.8 Å². The third-order valence-corrected chi connectivity index (χ3v) is 5.66. The highest BCUT2D eigenvalue weighted by Gasteiger charge is 2.26. The predicted octanol–water partition coefficient (Wildman–Crippen LogP) is 4.70. The van der Waals surface area contributed by atoms with Gasteiger partial charge in [0.05, 0.1) is 5.56 Å². The largest absolute Gasteiger partial charge is 0.459 e. The van der Waals surface area contributed by atoms with E-state index in [0.29, 0.717) is 5.56 Å². The van der Waals surface area contributed by atoms with Crippen LogP contribution in [0, 0.1) is 0 Å². The van der Waals surface area contributed by atoms with Crippen molar-refractivity contribution >= 4 is 11.9 Å². The van der Waals surface area contributed by atoms with Crippen molar-refractivity contribution < 1.29 is 24.2 Å². The number of carbonyl (C=O) groups is 2. The molecule has 1 aromatic rings. The number of aliphatic hydroxyl groups is 1. The van der Waals surface area contributed by atoms with Crippen LogP contribution in [0.5, 0.6) is 0 Å². The van der Waals surface area contributed by atoms with Gasteiger partial charge in [0, 0.05) is 5.57 Å². The summed E-state index contributed by atoms with van der Waals surface area (Å²) in [5.74, 6) is -1.09. The van der Waals surface area contributed by atoms with E-state index < -0.39 is 18.0 Å². The average Bonchev–Trinajstić information content (AvgIpc) is 2.69. The molecular formula is C24H36O5. The van der Waals surface area contributed by atoms with Gasteiger partial charge in [-0.25, -0.2) is 9.59 Å². The van der Waals surface area contributed by atoms with Gasteiger partial charge in [-0.05, 0) is 53.9 Å². The van der Waals surface area contributed by atoms with E-state index in [9.17, 15) is 14.7 Å².